The molecule has 1 N–H and O–H groups in total. The molecular weight excluding hydrogens is 311 g/mol. The van der Waals surface area contributed by atoms with E-state index in [9.17, 15) is 12.8 Å². The molecule has 0 amide bonds. The highest BCUT2D eigenvalue weighted by atomic mass is 32.2. The molecule has 4 nitrogen and oxygen atoms in total. The molecule has 0 spiro atoms. The van der Waals surface area contributed by atoms with Crippen molar-refractivity contribution >= 4 is 21.4 Å². The number of hydrogen-bond acceptors (Lipinski definition) is 4. The number of nitrogens with one attached hydrogen (secondary N) is 1. The minimum atomic E-state index is -3.68. The molecule has 0 saturated carbocycles. The van der Waals surface area contributed by atoms with Gasteiger partial charge in [0.1, 0.15) is 10.8 Å². The predicted octanol–water partition coefficient (Wildman–Crippen LogP) is 2.94. The molecule has 0 radical (unpaired) electrons. The summed E-state index contributed by atoms with van der Waals surface area (Å²) in [6, 6.07) is 2.44. The van der Waals surface area contributed by atoms with Crippen LogP contribution in [0.4, 0.5) is 4.39 Å². The lowest BCUT2D eigenvalue weighted by atomic mass is 10.1. The molecule has 2 rings (SSSR count). The summed E-state index contributed by atoms with van der Waals surface area (Å²) >= 11 is 1.48. The summed E-state index contributed by atoms with van der Waals surface area (Å²) in [5.74, 6) is -0.434. The third-order valence-corrected chi connectivity index (χ3v) is 5.90. The average Bonchev–Trinajstić information content (AvgIpc) is 2.82. The minimum absolute atomic E-state index is 0.135. The molecule has 0 unspecified atom stereocenters. The van der Waals surface area contributed by atoms with Crippen LogP contribution < -0.4 is 4.72 Å². The van der Waals surface area contributed by atoms with Gasteiger partial charge in [0.25, 0.3) is 0 Å². The number of rotatable bonds is 5. The van der Waals surface area contributed by atoms with Gasteiger partial charge in [0.2, 0.25) is 10.0 Å². The molecule has 0 fully saturated rings. The zero-order chi connectivity index (χ0) is 15.6. The van der Waals surface area contributed by atoms with Crippen molar-refractivity contribution in [2.75, 3.05) is 0 Å². The second-order valence-electron chi connectivity index (χ2n) is 4.77. The molecule has 0 saturated heterocycles. The van der Waals surface area contributed by atoms with E-state index in [0.717, 1.165) is 11.3 Å². The lowest BCUT2D eigenvalue weighted by Gasteiger charge is -2.11. The van der Waals surface area contributed by atoms with Gasteiger partial charge in [-0.1, -0.05) is 6.92 Å². The van der Waals surface area contributed by atoms with Crippen LogP contribution in [-0.4, -0.2) is 13.4 Å². The number of thiazole rings is 1. The Morgan fingerprint density at radius 2 is 1.90 bits per heavy atom. The normalized spacial score (nSPS) is 11.8. The highest BCUT2D eigenvalue weighted by Crippen LogP contribution is 2.22. The van der Waals surface area contributed by atoms with Crippen LogP contribution in [0.15, 0.2) is 23.2 Å². The standard InChI is InChI=1S/C14H17FN2O2S2/c1-4-12-7-16-13(20-12)8-17-21(18,19)14-9(2)5-11(15)6-10(14)3/h5-7,17H,4,8H2,1-3H3. The molecule has 1 heterocycles. The van der Waals surface area contributed by atoms with Crippen LogP contribution in [0.5, 0.6) is 0 Å². The van der Waals surface area contributed by atoms with Crippen molar-refractivity contribution in [1.29, 1.82) is 0 Å². The Bertz CT molecular complexity index is 731. The SMILES string of the molecule is CCc1cnc(CNS(=O)(=O)c2c(C)cc(F)cc2C)s1. The van der Waals surface area contributed by atoms with Gasteiger partial charge in [-0.3, -0.25) is 0 Å². The Labute approximate surface area is 128 Å². The van der Waals surface area contributed by atoms with Crippen LogP contribution in [0.1, 0.15) is 27.9 Å². The fourth-order valence-corrected chi connectivity index (χ4v) is 4.47. The Hall–Kier alpha value is -1.31. The third-order valence-electron chi connectivity index (χ3n) is 3.06. The predicted molar refractivity (Wildman–Crippen MR) is 81.4 cm³/mol. The van der Waals surface area contributed by atoms with E-state index in [4.69, 9.17) is 0 Å². The van der Waals surface area contributed by atoms with E-state index in [1.54, 1.807) is 20.0 Å². The van der Waals surface area contributed by atoms with E-state index in [-0.39, 0.29) is 11.4 Å². The van der Waals surface area contributed by atoms with Gasteiger partial charge >= 0.3 is 0 Å². The topological polar surface area (TPSA) is 59.1 Å². The zero-order valence-corrected chi connectivity index (χ0v) is 13.7. The van der Waals surface area contributed by atoms with Crippen LogP contribution in [-0.2, 0) is 23.0 Å². The van der Waals surface area contributed by atoms with Gasteiger partial charge < -0.3 is 0 Å². The Morgan fingerprint density at radius 3 is 2.43 bits per heavy atom. The summed E-state index contributed by atoms with van der Waals surface area (Å²) in [7, 11) is -3.68. The quantitative estimate of drug-likeness (QED) is 0.918. The second kappa shape index (κ2) is 6.21. The van der Waals surface area contributed by atoms with Gasteiger partial charge in [0.05, 0.1) is 11.4 Å². The smallest absolute Gasteiger partial charge is 0.241 e. The van der Waals surface area contributed by atoms with Gasteiger partial charge in [0, 0.05) is 11.1 Å². The first kappa shape index (κ1) is 16.1. The lowest BCUT2D eigenvalue weighted by Crippen LogP contribution is -2.24. The van der Waals surface area contributed by atoms with Gasteiger partial charge in [-0.25, -0.2) is 22.5 Å². The molecule has 114 valence electrons. The van der Waals surface area contributed by atoms with Crippen molar-refractivity contribution in [3.8, 4) is 0 Å². The Kier molecular flexibility index (Phi) is 4.75. The number of aromatic nitrogens is 1. The highest BCUT2D eigenvalue weighted by Gasteiger charge is 2.20. The zero-order valence-electron chi connectivity index (χ0n) is 12.1. The first-order chi connectivity index (χ1) is 9.83. The number of aryl methyl sites for hydroxylation is 3. The first-order valence-electron chi connectivity index (χ1n) is 6.53. The fraction of sp³-hybridized carbons (Fsp3) is 0.357. The van der Waals surface area contributed by atoms with Crippen LogP contribution in [0, 0.1) is 19.7 Å². The van der Waals surface area contributed by atoms with E-state index in [0.29, 0.717) is 16.1 Å². The second-order valence-corrected chi connectivity index (χ2v) is 7.67. The van der Waals surface area contributed by atoms with E-state index >= 15 is 0 Å². The minimum Gasteiger partial charge on any atom is -0.248 e. The highest BCUT2D eigenvalue weighted by molar-refractivity contribution is 7.89. The molecular formula is C14H17FN2O2S2. The van der Waals surface area contributed by atoms with Crippen molar-refractivity contribution in [3.05, 3.63) is 45.2 Å². The van der Waals surface area contributed by atoms with Gasteiger partial charge in [-0.2, -0.15) is 0 Å². The van der Waals surface area contributed by atoms with E-state index in [2.05, 4.69) is 9.71 Å². The van der Waals surface area contributed by atoms with Crippen molar-refractivity contribution in [1.82, 2.24) is 9.71 Å². The Balaban J connectivity index is 2.23. The summed E-state index contributed by atoms with van der Waals surface area (Å²) in [4.78, 5) is 5.42. The maximum atomic E-state index is 13.3. The molecule has 0 aliphatic heterocycles. The van der Waals surface area contributed by atoms with Gasteiger partial charge in [0.15, 0.2) is 0 Å². The summed E-state index contributed by atoms with van der Waals surface area (Å²) in [6.07, 6.45) is 2.63. The third kappa shape index (κ3) is 3.66. The molecule has 0 bridgehead atoms. The van der Waals surface area contributed by atoms with E-state index in [1.165, 1.54) is 23.5 Å². The van der Waals surface area contributed by atoms with Crippen molar-refractivity contribution in [2.45, 2.75) is 38.6 Å². The number of sulfonamides is 1. The van der Waals surface area contributed by atoms with E-state index in [1.807, 2.05) is 6.92 Å². The van der Waals surface area contributed by atoms with Crippen LogP contribution >= 0.6 is 11.3 Å². The molecule has 1 aromatic carbocycles. The molecule has 21 heavy (non-hydrogen) atoms. The molecule has 2 aromatic rings. The molecule has 7 heteroatoms. The summed E-state index contributed by atoms with van der Waals surface area (Å²) in [5.41, 5.74) is 0.793. The number of halogens is 1. The van der Waals surface area contributed by atoms with Crippen LogP contribution in [0.25, 0.3) is 0 Å². The molecule has 0 aliphatic rings. The van der Waals surface area contributed by atoms with Crippen LogP contribution in [0.3, 0.4) is 0 Å². The molecule has 0 atom stereocenters. The largest absolute Gasteiger partial charge is 0.248 e. The fourth-order valence-electron chi connectivity index (χ4n) is 2.14. The molecule has 0 aliphatic carbocycles. The maximum Gasteiger partial charge on any atom is 0.241 e. The monoisotopic (exact) mass is 328 g/mol. The Morgan fingerprint density at radius 1 is 1.29 bits per heavy atom. The number of nitrogens with zero attached hydrogens (tertiary/aromatic N) is 1. The average molecular weight is 328 g/mol. The summed E-state index contributed by atoms with van der Waals surface area (Å²) in [5, 5.41) is 0.716. The van der Waals surface area contributed by atoms with Crippen molar-refractivity contribution in [2.24, 2.45) is 0 Å². The maximum absolute atomic E-state index is 13.3. The summed E-state index contributed by atoms with van der Waals surface area (Å²) in [6.45, 7) is 5.34. The van der Waals surface area contributed by atoms with E-state index < -0.39 is 15.8 Å². The molecule has 1 aromatic heterocycles. The number of benzene rings is 1. The summed E-state index contributed by atoms with van der Waals surface area (Å²) < 4.78 is 40.5. The van der Waals surface area contributed by atoms with Crippen molar-refractivity contribution in [3.63, 3.8) is 0 Å². The number of hydrogen-bond donors (Lipinski definition) is 1. The van der Waals surface area contributed by atoms with Gasteiger partial charge in [-0.15, -0.1) is 11.3 Å². The van der Waals surface area contributed by atoms with Crippen LogP contribution in [0.2, 0.25) is 0 Å². The van der Waals surface area contributed by atoms with Crippen molar-refractivity contribution < 1.29 is 12.8 Å². The lowest BCUT2D eigenvalue weighted by molar-refractivity contribution is 0.578. The first-order valence-corrected chi connectivity index (χ1v) is 8.83. The van der Waals surface area contributed by atoms with Gasteiger partial charge in [-0.05, 0) is 43.5 Å².